The molecular formula is C10H10Cl2O3. The number of benzene rings is 1. The molecule has 1 rings (SSSR count). The maximum atomic E-state index is 10.5. The summed E-state index contributed by atoms with van der Waals surface area (Å²) in [4.78, 5) is 10.5. The van der Waals surface area contributed by atoms with Crippen molar-refractivity contribution in [2.75, 3.05) is 5.88 Å². The van der Waals surface area contributed by atoms with Crippen molar-refractivity contribution in [3.8, 4) is 0 Å². The standard InChI is InChI=1S/C10H10Cl2O3/c11-4-9(14)10(15)7-3-6(5-13)1-2-8(7)12/h1-3,5,9-10,14-15H,4H2. The number of hydrogen-bond donors (Lipinski definition) is 2. The number of aliphatic hydroxyl groups excluding tert-OH is 2. The predicted molar refractivity (Wildman–Crippen MR) is 58.5 cm³/mol. The van der Waals surface area contributed by atoms with Crippen LogP contribution in [0.3, 0.4) is 0 Å². The van der Waals surface area contributed by atoms with Crippen LogP contribution in [0.1, 0.15) is 22.0 Å². The molecule has 0 saturated heterocycles. The minimum atomic E-state index is -1.19. The summed E-state index contributed by atoms with van der Waals surface area (Å²) in [5.74, 6) is -0.108. The quantitative estimate of drug-likeness (QED) is 0.631. The summed E-state index contributed by atoms with van der Waals surface area (Å²) < 4.78 is 0. The van der Waals surface area contributed by atoms with Gasteiger partial charge in [-0.2, -0.15) is 0 Å². The summed E-state index contributed by atoms with van der Waals surface area (Å²) in [7, 11) is 0. The fourth-order valence-electron chi connectivity index (χ4n) is 1.15. The van der Waals surface area contributed by atoms with Gasteiger partial charge in [-0.25, -0.2) is 0 Å². The van der Waals surface area contributed by atoms with Gasteiger partial charge in [0, 0.05) is 16.1 Å². The van der Waals surface area contributed by atoms with Crippen LogP contribution in [0, 0.1) is 0 Å². The highest BCUT2D eigenvalue weighted by Crippen LogP contribution is 2.26. The smallest absolute Gasteiger partial charge is 0.150 e. The molecule has 2 atom stereocenters. The van der Waals surface area contributed by atoms with Crippen LogP contribution < -0.4 is 0 Å². The van der Waals surface area contributed by atoms with Crippen LogP contribution in [-0.2, 0) is 0 Å². The predicted octanol–water partition coefficient (Wildman–Crippen LogP) is 1.79. The first-order valence-corrected chi connectivity index (χ1v) is 5.18. The van der Waals surface area contributed by atoms with Gasteiger partial charge in [-0.3, -0.25) is 4.79 Å². The van der Waals surface area contributed by atoms with E-state index in [2.05, 4.69) is 0 Å². The average Bonchev–Trinajstić information content (AvgIpc) is 2.27. The second-order valence-electron chi connectivity index (χ2n) is 3.07. The zero-order valence-electron chi connectivity index (χ0n) is 7.73. The van der Waals surface area contributed by atoms with Crippen molar-refractivity contribution < 1.29 is 15.0 Å². The second-order valence-corrected chi connectivity index (χ2v) is 3.78. The Balaban J connectivity index is 3.06. The minimum Gasteiger partial charge on any atom is -0.389 e. The van der Waals surface area contributed by atoms with Gasteiger partial charge in [0.1, 0.15) is 12.4 Å². The highest BCUT2D eigenvalue weighted by atomic mass is 35.5. The number of hydrogen-bond acceptors (Lipinski definition) is 3. The van der Waals surface area contributed by atoms with Crippen LogP contribution in [0.25, 0.3) is 0 Å². The monoisotopic (exact) mass is 248 g/mol. The lowest BCUT2D eigenvalue weighted by Crippen LogP contribution is -2.20. The Morgan fingerprint density at radius 3 is 2.60 bits per heavy atom. The first kappa shape index (κ1) is 12.5. The topological polar surface area (TPSA) is 57.5 Å². The fourth-order valence-corrected chi connectivity index (χ4v) is 1.55. The number of alkyl halides is 1. The Bertz CT molecular complexity index is 355. The molecule has 1 aromatic carbocycles. The Labute approximate surface area is 97.2 Å². The molecule has 0 heterocycles. The molecule has 5 heteroatoms. The van der Waals surface area contributed by atoms with Crippen LogP contribution in [0.4, 0.5) is 0 Å². The SMILES string of the molecule is O=Cc1ccc(Cl)c(C(O)C(O)CCl)c1. The zero-order valence-corrected chi connectivity index (χ0v) is 9.24. The zero-order chi connectivity index (χ0) is 11.4. The molecule has 0 aliphatic carbocycles. The molecule has 0 aromatic heterocycles. The van der Waals surface area contributed by atoms with Crippen molar-refractivity contribution in [2.45, 2.75) is 12.2 Å². The van der Waals surface area contributed by atoms with E-state index in [1.54, 1.807) is 0 Å². The van der Waals surface area contributed by atoms with E-state index in [9.17, 15) is 15.0 Å². The van der Waals surface area contributed by atoms with Gasteiger partial charge >= 0.3 is 0 Å². The first-order chi connectivity index (χ1) is 7.10. The molecule has 0 spiro atoms. The molecule has 2 N–H and O–H groups in total. The number of rotatable bonds is 4. The largest absolute Gasteiger partial charge is 0.389 e. The van der Waals surface area contributed by atoms with Gasteiger partial charge in [0.25, 0.3) is 0 Å². The third kappa shape index (κ3) is 2.92. The number of halogens is 2. The Morgan fingerprint density at radius 1 is 1.40 bits per heavy atom. The van der Waals surface area contributed by atoms with Gasteiger partial charge in [0.05, 0.1) is 12.0 Å². The number of carbonyl (C=O) groups excluding carboxylic acids is 1. The van der Waals surface area contributed by atoms with Gasteiger partial charge in [0.2, 0.25) is 0 Å². The molecule has 0 amide bonds. The van der Waals surface area contributed by atoms with E-state index in [1.165, 1.54) is 18.2 Å². The van der Waals surface area contributed by atoms with Crippen LogP contribution in [0.2, 0.25) is 5.02 Å². The van der Waals surface area contributed by atoms with E-state index in [-0.39, 0.29) is 10.9 Å². The highest BCUT2D eigenvalue weighted by Gasteiger charge is 2.20. The highest BCUT2D eigenvalue weighted by molar-refractivity contribution is 6.31. The molecule has 0 aliphatic heterocycles. The Hall–Kier alpha value is -0.610. The first-order valence-electron chi connectivity index (χ1n) is 4.27. The molecule has 82 valence electrons. The molecular weight excluding hydrogens is 239 g/mol. The van der Waals surface area contributed by atoms with Gasteiger partial charge in [0.15, 0.2) is 0 Å². The van der Waals surface area contributed by atoms with Crippen molar-refractivity contribution in [3.63, 3.8) is 0 Å². The van der Waals surface area contributed by atoms with Crippen molar-refractivity contribution in [2.24, 2.45) is 0 Å². The van der Waals surface area contributed by atoms with Crippen molar-refractivity contribution >= 4 is 29.5 Å². The van der Waals surface area contributed by atoms with Crippen LogP contribution in [-0.4, -0.2) is 28.5 Å². The van der Waals surface area contributed by atoms with Gasteiger partial charge in [-0.1, -0.05) is 17.7 Å². The molecule has 15 heavy (non-hydrogen) atoms. The molecule has 1 aromatic rings. The van der Waals surface area contributed by atoms with E-state index in [1.807, 2.05) is 0 Å². The van der Waals surface area contributed by atoms with Gasteiger partial charge in [-0.05, 0) is 12.1 Å². The van der Waals surface area contributed by atoms with E-state index >= 15 is 0 Å². The summed E-state index contributed by atoms with van der Waals surface area (Å²) in [6, 6.07) is 4.44. The lowest BCUT2D eigenvalue weighted by molar-refractivity contribution is 0.0327. The van der Waals surface area contributed by atoms with Gasteiger partial charge < -0.3 is 10.2 Å². The lowest BCUT2D eigenvalue weighted by atomic mass is 10.0. The van der Waals surface area contributed by atoms with Crippen LogP contribution in [0.5, 0.6) is 0 Å². The van der Waals surface area contributed by atoms with Crippen molar-refractivity contribution in [3.05, 3.63) is 34.3 Å². The fraction of sp³-hybridized carbons (Fsp3) is 0.300. The average molecular weight is 249 g/mol. The summed E-state index contributed by atoms with van der Waals surface area (Å²) in [6.07, 6.45) is -1.65. The third-order valence-electron chi connectivity index (χ3n) is 2.00. The Kier molecular flexibility index (Phi) is 4.54. The number of carbonyl (C=O) groups is 1. The maximum absolute atomic E-state index is 10.5. The molecule has 3 nitrogen and oxygen atoms in total. The summed E-state index contributed by atoms with van der Waals surface area (Å²) in [5, 5.41) is 19.3. The van der Waals surface area contributed by atoms with Crippen molar-refractivity contribution in [1.29, 1.82) is 0 Å². The van der Waals surface area contributed by atoms with Crippen LogP contribution in [0.15, 0.2) is 18.2 Å². The molecule has 0 bridgehead atoms. The molecule has 0 fully saturated rings. The molecule has 0 aliphatic rings. The number of aliphatic hydroxyl groups is 2. The molecule has 0 radical (unpaired) electrons. The van der Waals surface area contributed by atoms with E-state index < -0.39 is 12.2 Å². The van der Waals surface area contributed by atoms with E-state index in [0.717, 1.165) is 0 Å². The summed E-state index contributed by atoms with van der Waals surface area (Å²) in [6.45, 7) is 0. The maximum Gasteiger partial charge on any atom is 0.150 e. The normalized spacial score (nSPS) is 14.7. The third-order valence-corrected chi connectivity index (χ3v) is 2.66. The lowest BCUT2D eigenvalue weighted by Gasteiger charge is -2.17. The van der Waals surface area contributed by atoms with E-state index in [0.29, 0.717) is 17.4 Å². The van der Waals surface area contributed by atoms with Crippen molar-refractivity contribution in [1.82, 2.24) is 0 Å². The van der Waals surface area contributed by atoms with Crippen LogP contribution >= 0.6 is 23.2 Å². The molecule has 0 saturated carbocycles. The second kappa shape index (κ2) is 5.47. The van der Waals surface area contributed by atoms with E-state index in [4.69, 9.17) is 23.2 Å². The Morgan fingerprint density at radius 2 is 2.07 bits per heavy atom. The summed E-state index contributed by atoms with van der Waals surface area (Å²) >= 11 is 11.2. The molecule has 2 unspecified atom stereocenters. The summed E-state index contributed by atoms with van der Waals surface area (Å²) in [5.41, 5.74) is 0.685. The van der Waals surface area contributed by atoms with Gasteiger partial charge in [-0.15, -0.1) is 11.6 Å². The minimum absolute atomic E-state index is 0.108. The number of aldehydes is 1.